The van der Waals surface area contributed by atoms with Crippen LogP contribution in [0.2, 0.25) is 0 Å². The minimum absolute atomic E-state index is 0.0723. The van der Waals surface area contributed by atoms with Crippen molar-refractivity contribution >= 4 is 46.6 Å². The summed E-state index contributed by atoms with van der Waals surface area (Å²) in [4.78, 5) is 50.4. The summed E-state index contributed by atoms with van der Waals surface area (Å²) in [6.07, 6.45) is 0. The Balaban J connectivity index is 1.46. The van der Waals surface area contributed by atoms with Crippen molar-refractivity contribution in [2.45, 2.75) is 31.0 Å². The number of nitrogens with one attached hydrogen (secondary N) is 1. The molecule has 3 atom stereocenters. The average molecular weight is 533 g/mol. The number of esters is 1. The molecule has 2 amide bonds. The Labute approximate surface area is 214 Å². The van der Waals surface area contributed by atoms with E-state index in [9.17, 15) is 24.5 Å². The first-order chi connectivity index (χ1) is 17.3. The lowest BCUT2D eigenvalue weighted by Crippen LogP contribution is -2.71. The predicted molar refractivity (Wildman–Crippen MR) is 133 cm³/mol. The van der Waals surface area contributed by atoms with Gasteiger partial charge in [-0.25, -0.2) is 4.79 Å². The lowest BCUT2D eigenvalue weighted by molar-refractivity contribution is -0.384. The van der Waals surface area contributed by atoms with Crippen molar-refractivity contribution in [3.63, 3.8) is 0 Å². The Morgan fingerprint density at radius 3 is 2.67 bits per heavy atom. The monoisotopic (exact) mass is 532 g/mol. The molecule has 1 unspecified atom stereocenters. The van der Waals surface area contributed by atoms with E-state index in [1.807, 2.05) is 12.3 Å². The highest BCUT2D eigenvalue weighted by molar-refractivity contribution is 8.00. The number of benzene rings is 1. The van der Waals surface area contributed by atoms with E-state index >= 15 is 0 Å². The second kappa shape index (κ2) is 11.2. The zero-order chi connectivity index (χ0) is 25.8. The molecule has 0 radical (unpaired) electrons. The van der Waals surface area contributed by atoms with Gasteiger partial charge in [-0.1, -0.05) is 0 Å². The fraction of sp³-hybridized carbons (Fsp3) is 0.348. The quantitative estimate of drug-likeness (QED) is 0.203. The molecule has 4 rings (SSSR count). The standard InChI is InChI=1S/C23H24N4O7S2/c1-2-33-10-15-12-36-22-18(25-20(28)17(24)14-7-8-35-11-14)21(29)26(22)19(15)23(30)34-9-13-3-5-16(6-4-13)27(31)32/h3-8,11,17-18,22H,2,9-10,12,24H2,1H3,(H,25,28)/t17-,18?,22-/m1/s1. The molecule has 0 bridgehead atoms. The number of amides is 2. The van der Waals surface area contributed by atoms with E-state index < -0.39 is 40.2 Å². The van der Waals surface area contributed by atoms with Gasteiger partial charge in [0.05, 0.1) is 11.5 Å². The third-order valence-corrected chi connectivity index (χ3v) is 7.76. The van der Waals surface area contributed by atoms with Gasteiger partial charge in [0.15, 0.2) is 0 Å². The van der Waals surface area contributed by atoms with Crippen molar-refractivity contribution in [2.24, 2.45) is 5.73 Å². The molecule has 0 aliphatic carbocycles. The van der Waals surface area contributed by atoms with E-state index in [2.05, 4.69) is 5.32 Å². The Kier molecular flexibility index (Phi) is 8.04. The summed E-state index contributed by atoms with van der Waals surface area (Å²) in [6, 6.07) is 5.67. The van der Waals surface area contributed by atoms with Crippen molar-refractivity contribution in [3.8, 4) is 0 Å². The lowest BCUT2D eigenvalue weighted by Gasteiger charge is -2.49. The molecule has 1 aromatic carbocycles. The summed E-state index contributed by atoms with van der Waals surface area (Å²) >= 11 is 2.84. The number of nitro benzene ring substituents is 1. The molecule has 2 aliphatic heterocycles. The van der Waals surface area contributed by atoms with Crippen LogP contribution < -0.4 is 11.1 Å². The number of β-lactam (4-membered cyclic amide) rings is 1. The van der Waals surface area contributed by atoms with Gasteiger partial charge in [0.25, 0.3) is 11.6 Å². The van der Waals surface area contributed by atoms with Crippen LogP contribution in [0.3, 0.4) is 0 Å². The predicted octanol–water partition coefficient (Wildman–Crippen LogP) is 2.09. The van der Waals surface area contributed by atoms with Gasteiger partial charge in [-0.15, -0.1) is 11.8 Å². The third kappa shape index (κ3) is 5.28. The number of non-ortho nitro benzene ring substituents is 1. The molecule has 2 aliphatic rings. The number of hydrogen-bond donors (Lipinski definition) is 2. The summed E-state index contributed by atoms with van der Waals surface area (Å²) in [5.74, 6) is -1.20. The fourth-order valence-electron chi connectivity index (χ4n) is 3.79. The molecule has 0 spiro atoms. The molecule has 11 nitrogen and oxygen atoms in total. The van der Waals surface area contributed by atoms with E-state index in [0.29, 0.717) is 29.1 Å². The first-order valence-corrected chi connectivity index (χ1v) is 13.0. The van der Waals surface area contributed by atoms with Crippen LogP contribution in [-0.2, 0) is 30.5 Å². The molecule has 0 saturated carbocycles. The number of nitrogens with zero attached hydrogens (tertiary/aromatic N) is 2. The van der Waals surface area contributed by atoms with Crippen molar-refractivity contribution in [2.75, 3.05) is 19.0 Å². The van der Waals surface area contributed by atoms with E-state index in [1.54, 1.807) is 11.4 Å². The van der Waals surface area contributed by atoms with Crippen LogP contribution in [0.5, 0.6) is 0 Å². The number of rotatable bonds is 10. The second-order valence-corrected chi connectivity index (χ2v) is 9.90. The number of nitrogens with two attached hydrogens (primary N) is 1. The molecular formula is C23H24N4O7S2. The topological polar surface area (TPSA) is 154 Å². The summed E-state index contributed by atoms with van der Waals surface area (Å²) in [6.45, 7) is 2.28. The van der Waals surface area contributed by atoms with Gasteiger partial charge in [-0.05, 0) is 52.6 Å². The van der Waals surface area contributed by atoms with Crippen molar-refractivity contribution in [3.05, 3.63) is 73.6 Å². The largest absolute Gasteiger partial charge is 0.456 e. The van der Waals surface area contributed by atoms with E-state index in [-0.39, 0.29) is 24.6 Å². The molecule has 3 N–H and O–H groups in total. The zero-order valence-corrected chi connectivity index (χ0v) is 20.9. The van der Waals surface area contributed by atoms with Crippen LogP contribution in [0.25, 0.3) is 0 Å². The summed E-state index contributed by atoms with van der Waals surface area (Å²) < 4.78 is 10.9. The smallest absolute Gasteiger partial charge is 0.355 e. The van der Waals surface area contributed by atoms with E-state index in [1.165, 1.54) is 52.3 Å². The number of thioether (sulfide) groups is 1. The normalized spacial score (nSPS) is 19.8. The van der Waals surface area contributed by atoms with Gasteiger partial charge in [-0.2, -0.15) is 11.3 Å². The number of fused-ring (bicyclic) bond motifs is 1. The number of hydrogen-bond acceptors (Lipinski definition) is 10. The molecule has 1 aromatic heterocycles. The first-order valence-electron chi connectivity index (χ1n) is 11.0. The number of nitro groups is 1. The number of carbonyl (C=O) groups is 3. The minimum atomic E-state index is -0.901. The molecule has 1 saturated heterocycles. The fourth-order valence-corrected chi connectivity index (χ4v) is 5.81. The molecule has 13 heteroatoms. The van der Waals surface area contributed by atoms with Gasteiger partial charge in [-0.3, -0.25) is 24.6 Å². The molecule has 2 aromatic rings. The Hall–Kier alpha value is -3.26. The van der Waals surface area contributed by atoms with Crippen molar-refractivity contribution < 1.29 is 28.8 Å². The molecule has 190 valence electrons. The molecular weight excluding hydrogens is 508 g/mol. The molecule has 1 fully saturated rings. The number of carbonyl (C=O) groups excluding carboxylic acids is 3. The minimum Gasteiger partial charge on any atom is -0.456 e. The average Bonchev–Trinajstić information content (AvgIpc) is 3.43. The maximum absolute atomic E-state index is 13.1. The highest BCUT2D eigenvalue weighted by Crippen LogP contribution is 2.41. The van der Waals surface area contributed by atoms with Crippen LogP contribution >= 0.6 is 23.1 Å². The first kappa shape index (κ1) is 25.8. The second-order valence-electron chi connectivity index (χ2n) is 8.02. The van der Waals surface area contributed by atoms with Gasteiger partial charge in [0.1, 0.15) is 29.8 Å². The van der Waals surface area contributed by atoms with Gasteiger partial charge >= 0.3 is 5.97 Å². The van der Waals surface area contributed by atoms with Crippen LogP contribution in [-0.4, -0.2) is 58.0 Å². The maximum Gasteiger partial charge on any atom is 0.355 e. The summed E-state index contributed by atoms with van der Waals surface area (Å²) in [5, 5.41) is 16.6. The van der Waals surface area contributed by atoms with E-state index in [4.69, 9.17) is 15.2 Å². The van der Waals surface area contributed by atoms with Crippen molar-refractivity contribution in [1.82, 2.24) is 10.2 Å². The number of ether oxygens (including phenoxy) is 2. The SMILES string of the molecule is CCOCC1=C(C(=O)OCc2ccc([N+](=O)[O-])cc2)N2C(=O)C(NC(=O)[C@H](N)c3ccsc3)[C@H]2SC1. The third-order valence-electron chi connectivity index (χ3n) is 5.72. The van der Waals surface area contributed by atoms with Gasteiger partial charge in [0.2, 0.25) is 5.91 Å². The number of thiophene rings is 1. The Morgan fingerprint density at radius 2 is 2.03 bits per heavy atom. The van der Waals surface area contributed by atoms with Crippen LogP contribution in [0.15, 0.2) is 52.4 Å². The van der Waals surface area contributed by atoms with Gasteiger partial charge in [0, 0.05) is 24.5 Å². The summed E-state index contributed by atoms with van der Waals surface area (Å²) in [5.41, 5.74) is 7.88. The Morgan fingerprint density at radius 1 is 1.28 bits per heavy atom. The van der Waals surface area contributed by atoms with Crippen LogP contribution in [0.1, 0.15) is 24.1 Å². The molecule has 36 heavy (non-hydrogen) atoms. The van der Waals surface area contributed by atoms with Crippen molar-refractivity contribution in [1.29, 1.82) is 0 Å². The lowest BCUT2D eigenvalue weighted by atomic mass is 10.0. The highest BCUT2D eigenvalue weighted by Gasteiger charge is 2.54. The van der Waals surface area contributed by atoms with Crippen LogP contribution in [0, 0.1) is 10.1 Å². The molecule has 3 heterocycles. The zero-order valence-electron chi connectivity index (χ0n) is 19.2. The van der Waals surface area contributed by atoms with Gasteiger partial charge < -0.3 is 20.5 Å². The highest BCUT2D eigenvalue weighted by atomic mass is 32.2. The summed E-state index contributed by atoms with van der Waals surface area (Å²) in [7, 11) is 0. The van der Waals surface area contributed by atoms with Crippen LogP contribution in [0.4, 0.5) is 5.69 Å². The van der Waals surface area contributed by atoms with E-state index in [0.717, 1.165) is 0 Å². The Bertz CT molecular complexity index is 1180. The maximum atomic E-state index is 13.1.